The van der Waals surface area contributed by atoms with Crippen molar-refractivity contribution in [1.29, 1.82) is 0 Å². The van der Waals surface area contributed by atoms with Crippen molar-refractivity contribution in [2.75, 3.05) is 30.4 Å². The number of nitrogens with zero attached hydrogens (tertiary/aromatic N) is 2. The van der Waals surface area contributed by atoms with Crippen LogP contribution < -0.4 is 15.5 Å². The van der Waals surface area contributed by atoms with Gasteiger partial charge in [0, 0.05) is 25.5 Å². The van der Waals surface area contributed by atoms with E-state index in [0.29, 0.717) is 5.82 Å². The van der Waals surface area contributed by atoms with Crippen LogP contribution in [0.5, 0.6) is 0 Å². The highest BCUT2D eigenvalue weighted by Gasteiger charge is 2.14. The molecule has 0 aromatic carbocycles. The van der Waals surface area contributed by atoms with Crippen LogP contribution in [-0.4, -0.2) is 31.2 Å². The van der Waals surface area contributed by atoms with E-state index in [2.05, 4.69) is 20.5 Å². The molecule has 1 aromatic heterocycles. The van der Waals surface area contributed by atoms with Gasteiger partial charge in [0.1, 0.15) is 5.82 Å². The Morgan fingerprint density at radius 2 is 2.19 bits per heavy atom. The van der Waals surface area contributed by atoms with Crippen LogP contribution in [0, 0.1) is 0 Å². The Morgan fingerprint density at radius 3 is 2.88 bits per heavy atom. The van der Waals surface area contributed by atoms with E-state index in [-0.39, 0.29) is 6.03 Å². The Morgan fingerprint density at radius 1 is 1.44 bits per heavy atom. The van der Waals surface area contributed by atoms with Crippen LogP contribution in [0.2, 0.25) is 0 Å². The molecule has 2 amide bonds. The molecule has 5 nitrogen and oxygen atoms in total. The predicted octanol–water partition coefficient (Wildman–Crippen LogP) is 1.88. The molecular weight excluding hydrogens is 224 g/mol. The third kappa shape index (κ3) is 2.63. The van der Waals surface area contributed by atoms with Crippen LogP contribution in [0.4, 0.5) is 15.7 Å². The van der Waals surface area contributed by atoms with E-state index in [1.54, 1.807) is 18.4 Å². The average Bonchev–Trinajstić information content (AvgIpc) is 2.78. The standard InChI is InChI=1S/C10H16N4OS/c1-11-9(15)12-8-7-16-10(13-8)14-5-3-2-4-6-14/h7H,2-6H2,1H3,(H2,11,12,15). The fourth-order valence-electron chi connectivity index (χ4n) is 1.73. The van der Waals surface area contributed by atoms with Gasteiger partial charge in [0.25, 0.3) is 0 Å². The number of nitrogens with one attached hydrogen (secondary N) is 2. The molecule has 88 valence electrons. The second kappa shape index (κ2) is 5.16. The number of aromatic nitrogens is 1. The smallest absolute Gasteiger partial charge is 0.320 e. The zero-order valence-electron chi connectivity index (χ0n) is 9.32. The van der Waals surface area contributed by atoms with Gasteiger partial charge >= 0.3 is 6.03 Å². The van der Waals surface area contributed by atoms with E-state index >= 15 is 0 Å². The van der Waals surface area contributed by atoms with E-state index in [1.165, 1.54) is 19.3 Å². The maximum atomic E-state index is 11.1. The topological polar surface area (TPSA) is 57.3 Å². The lowest BCUT2D eigenvalue weighted by Crippen LogP contribution is -2.29. The highest BCUT2D eigenvalue weighted by molar-refractivity contribution is 7.14. The van der Waals surface area contributed by atoms with Gasteiger partial charge in [-0.25, -0.2) is 9.78 Å². The Hall–Kier alpha value is -1.30. The lowest BCUT2D eigenvalue weighted by molar-refractivity contribution is 0.254. The SMILES string of the molecule is CNC(=O)Nc1csc(N2CCCCC2)n1. The highest BCUT2D eigenvalue weighted by atomic mass is 32.1. The van der Waals surface area contributed by atoms with Crippen molar-refractivity contribution in [3.05, 3.63) is 5.38 Å². The molecule has 0 spiro atoms. The molecule has 1 aromatic rings. The first-order chi connectivity index (χ1) is 7.79. The summed E-state index contributed by atoms with van der Waals surface area (Å²) in [5.74, 6) is 0.630. The van der Waals surface area contributed by atoms with Gasteiger partial charge in [0.2, 0.25) is 0 Å². The molecule has 0 bridgehead atoms. The van der Waals surface area contributed by atoms with Gasteiger partial charge in [-0.3, -0.25) is 5.32 Å². The molecule has 0 atom stereocenters. The average molecular weight is 240 g/mol. The van der Waals surface area contributed by atoms with Gasteiger partial charge in [0.05, 0.1) is 0 Å². The number of carbonyl (C=O) groups excluding carboxylic acids is 1. The summed E-state index contributed by atoms with van der Waals surface area (Å²) >= 11 is 1.58. The fourth-order valence-corrected chi connectivity index (χ4v) is 2.54. The second-order valence-corrected chi connectivity index (χ2v) is 4.60. The Labute approximate surface area is 98.9 Å². The normalized spacial score (nSPS) is 15.9. The number of anilines is 2. The van der Waals surface area contributed by atoms with E-state index in [9.17, 15) is 4.79 Å². The van der Waals surface area contributed by atoms with Crippen LogP contribution >= 0.6 is 11.3 Å². The number of rotatable bonds is 2. The quantitative estimate of drug-likeness (QED) is 0.830. The third-order valence-corrected chi connectivity index (χ3v) is 3.49. The Bertz CT molecular complexity index is 359. The molecule has 16 heavy (non-hydrogen) atoms. The largest absolute Gasteiger partial charge is 0.348 e. The number of hydrogen-bond acceptors (Lipinski definition) is 4. The van der Waals surface area contributed by atoms with Crippen LogP contribution in [0.1, 0.15) is 19.3 Å². The minimum absolute atomic E-state index is 0.226. The minimum Gasteiger partial charge on any atom is -0.348 e. The van der Waals surface area contributed by atoms with Crippen molar-refractivity contribution in [2.45, 2.75) is 19.3 Å². The second-order valence-electron chi connectivity index (χ2n) is 3.77. The molecule has 2 rings (SSSR count). The Kier molecular flexibility index (Phi) is 3.61. The van der Waals surface area contributed by atoms with Crippen molar-refractivity contribution in [2.24, 2.45) is 0 Å². The highest BCUT2D eigenvalue weighted by Crippen LogP contribution is 2.25. The lowest BCUT2D eigenvalue weighted by atomic mass is 10.1. The van der Waals surface area contributed by atoms with Gasteiger partial charge in [-0.15, -0.1) is 11.3 Å². The van der Waals surface area contributed by atoms with Gasteiger partial charge in [-0.05, 0) is 19.3 Å². The molecule has 0 aliphatic carbocycles. The molecule has 1 aliphatic rings. The molecule has 2 heterocycles. The van der Waals surface area contributed by atoms with Crippen LogP contribution in [0.15, 0.2) is 5.38 Å². The number of urea groups is 1. The summed E-state index contributed by atoms with van der Waals surface area (Å²) in [5.41, 5.74) is 0. The van der Waals surface area contributed by atoms with Crippen LogP contribution in [-0.2, 0) is 0 Å². The predicted molar refractivity (Wildman–Crippen MR) is 66.3 cm³/mol. The molecule has 1 saturated heterocycles. The number of amides is 2. The third-order valence-electron chi connectivity index (χ3n) is 2.59. The zero-order chi connectivity index (χ0) is 11.4. The van der Waals surface area contributed by atoms with E-state index in [1.807, 2.05) is 5.38 Å². The minimum atomic E-state index is -0.226. The van der Waals surface area contributed by atoms with Crippen molar-refractivity contribution in [3.8, 4) is 0 Å². The number of thiazole rings is 1. The Balaban J connectivity index is 1.98. The molecule has 2 N–H and O–H groups in total. The zero-order valence-corrected chi connectivity index (χ0v) is 10.1. The molecule has 6 heteroatoms. The van der Waals surface area contributed by atoms with Gasteiger partial charge in [-0.1, -0.05) is 0 Å². The van der Waals surface area contributed by atoms with Crippen molar-refractivity contribution >= 4 is 28.3 Å². The summed E-state index contributed by atoms with van der Waals surface area (Å²) in [5, 5.41) is 8.06. The van der Waals surface area contributed by atoms with Gasteiger partial charge in [0.15, 0.2) is 5.13 Å². The summed E-state index contributed by atoms with van der Waals surface area (Å²) in [4.78, 5) is 17.8. The maximum Gasteiger partial charge on any atom is 0.320 e. The summed E-state index contributed by atoms with van der Waals surface area (Å²) in [6.07, 6.45) is 3.78. The molecule has 0 radical (unpaired) electrons. The first kappa shape index (κ1) is 11.2. The lowest BCUT2D eigenvalue weighted by Gasteiger charge is -2.25. The summed E-state index contributed by atoms with van der Waals surface area (Å²) in [7, 11) is 1.59. The van der Waals surface area contributed by atoms with Crippen LogP contribution in [0.25, 0.3) is 0 Å². The van der Waals surface area contributed by atoms with Crippen LogP contribution in [0.3, 0.4) is 0 Å². The van der Waals surface area contributed by atoms with Crippen molar-refractivity contribution < 1.29 is 4.79 Å². The van der Waals surface area contributed by atoms with E-state index in [4.69, 9.17) is 0 Å². The van der Waals surface area contributed by atoms with Crippen molar-refractivity contribution in [1.82, 2.24) is 10.3 Å². The van der Waals surface area contributed by atoms with E-state index < -0.39 is 0 Å². The van der Waals surface area contributed by atoms with Crippen molar-refractivity contribution in [3.63, 3.8) is 0 Å². The monoisotopic (exact) mass is 240 g/mol. The number of carbonyl (C=O) groups is 1. The number of piperidine rings is 1. The van der Waals surface area contributed by atoms with Gasteiger partial charge < -0.3 is 10.2 Å². The maximum absolute atomic E-state index is 11.1. The molecule has 1 aliphatic heterocycles. The molecule has 0 saturated carbocycles. The molecular formula is C10H16N4OS. The fraction of sp³-hybridized carbons (Fsp3) is 0.600. The first-order valence-electron chi connectivity index (χ1n) is 5.49. The molecule has 1 fully saturated rings. The summed E-state index contributed by atoms with van der Waals surface area (Å²) in [6, 6.07) is -0.226. The van der Waals surface area contributed by atoms with E-state index in [0.717, 1.165) is 18.2 Å². The summed E-state index contributed by atoms with van der Waals surface area (Å²) < 4.78 is 0. The van der Waals surface area contributed by atoms with Gasteiger partial charge in [-0.2, -0.15) is 0 Å². The first-order valence-corrected chi connectivity index (χ1v) is 6.37. The number of hydrogen-bond donors (Lipinski definition) is 2. The molecule has 0 unspecified atom stereocenters. The summed E-state index contributed by atoms with van der Waals surface area (Å²) in [6.45, 7) is 2.15.